The molecule has 2 N–H and O–H groups in total. The van der Waals surface area contributed by atoms with Crippen LogP contribution in [0.2, 0.25) is 0 Å². The number of aliphatic carboxylic acids is 1. The Kier molecular flexibility index (Phi) is 5.33. The van der Waals surface area contributed by atoms with Crippen molar-refractivity contribution in [3.63, 3.8) is 0 Å². The fraction of sp³-hybridized carbons (Fsp3) is 0.111. The van der Waals surface area contributed by atoms with Crippen LogP contribution in [0.5, 0.6) is 5.75 Å². The summed E-state index contributed by atoms with van der Waals surface area (Å²) in [6.45, 7) is 0. The van der Waals surface area contributed by atoms with E-state index >= 15 is 0 Å². The number of phenolic OH excluding ortho intramolecular Hbond substituents is 1. The van der Waals surface area contributed by atoms with E-state index in [9.17, 15) is 14.7 Å². The highest BCUT2D eigenvalue weighted by Gasteiger charge is 2.40. The summed E-state index contributed by atoms with van der Waals surface area (Å²) in [6, 6.07) is 15.4. The minimum Gasteiger partial charge on any atom is -0.508 e. The van der Waals surface area contributed by atoms with Gasteiger partial charge < -0.3 is 10.2 Å². The number of carboxylic acids is 1. The molecule has 1 atom stereocenters. The van der Waals surface area contributed by atoms with Gasteiger partial charge in [0.1, 0.15) is 11.0 Å². The molecule has 0 bridgehead atoms. The fourth-order valence-corrected chi connectivity index (χ4v) is 3.43. The van der Waals surface area contributed by atoms with Crippen LogP contribution >= 0.6 is 11.8 Å². The first-order valence-electron chi connectivity index (χ1n) is 7.72. The second-order valence-corrected chi connectivity index (χ2v) is 6.60. The lowest BCUT2D eigenvalue weighted by molar-refractivity contribution is -0.138. The van der Waals surface area contributed by atoms with Gasteiger partial charge in [0.25, 0.3) is 0 Å². The molecule has 1 aliphatic heterocycles. The molecule has 7 nitrogen and oxygen atoms in total. The number of hydrogen-bond acceptors (Lipinski definition) is 6. The van der Waals surface area contributed by atoms with Gasteiger partial charge >= 0.3 is 5.97 Å². The van der Waals surface area contributed by atoms with E-state index in [4.69, 9.17) is 5.11 Å². The fourth-order valence-electron chi connectivity index (χ4n) is 2.35. The Balaban J connectivity index is 1.90. The summed E-state index contributed by atoms with van der Waals surface area (Å²) >= 11 is 1.06. The Hall–Kier alpha value is -3.13. The van der Waals surface area contributed by atoms with Crippen LogP contribution in [-0.2, 0) is 9.59 Å². The van der Waals surface area contributed by atoms with Gasteiger partial charge in [0.2, 0.25) is 5.91 Å². The van der Waals surface area contributed by atoms with E-state index < -0.39 is 11.2 Å². The second kappa shape index (κ2) is 7.83. The van der Waals surface area contributed by atoms with Crippen LogP contribution in [0.15, 0.2) is 64.8 Å². The quantitative estimate of drug-likeness (QED) is 0.623. The normalized spacial score (nSPS) is 18.8. The van der Waals surface area contributed by atoms with E-state index in [1.54, 1.807) is 18.3 Å². The molecule has 3 rings (SSSR count). The number of hydrogen-bond donors (Lipinski definition) is 2. The number of nitrogens with zero attached hydrogens (tertiary/aromatic N) is 3. The molecule has 1 heterocycles. The van der Waals surface area contributed by atoms with E-state index in [0.717, 1.165) is 17.3 Å². The monoisotopic (exact) mass is 369 g/mol. The van der Waals surface area contributed by atoms with Gasteiger partial charge in [0.05, 0.1) is 18.3 Å². The van der Waals surface area contributed by atoms with Crippen molar-refractivity contribution in [2.24, 2.45) is 10.2 Å². The molecule has 1 unspecified atom stereocenters. The SMILES string of the molecule is O=C(O)CC1S/C(=N/N=C/c2ccccc2)N(c2ccc(O)cc2)C1=O. The van der Waals surface area contributed by atoms with Gasteiger partial charge in [-0.1, -0.05) is 42.1 Å². The Bertz CT molecular complexity index is 866. The summed E-state index contributed by atoms with van der Waals surface area (Å²) in [7, 11) is 0. The number of anilines is 1. The maximum Gasteiger partial charge on any atom is 0.305 e. The van der Waals surface area contributed by atoms with E-state index in [-0.39, 0.29) is 18.1 Å². The number of rotatable bonds is 5. The molecule has 8 heteroatoms. The molecule has 0 radical (unpaired) electrons. The lowest BCUT2D eigenvalue weighted by Crippen LogP contribution is -2.32. The van der Waals surface area contributed by atoms with E-state index in [1.807, 2.05) is 30.3 Å². The average Bonchev–Trinajstić information content (AvgIpc) is 2.92. The largest absolute Gasteiger partial charge is 0.508 e. The number of carbonyl (C=O) groups excluding carboxylic acids is 1. The highest BCUT2D eigenvalue weighted by Crippen LogP contribution is 2.34. The average molecular weight is 369 g/mol. The number of amides is 1. The molecule has 2 aromatic rings. The van der Waals surface area contributed by atoms with Crippen LogP contribution in [0.25, 0.3) is 0 Å². The standard InChI is InChI=1S/C18H15N3O4S/c22-14-8-6-13(7-9-14)21-17(25)15(10-16(23)24)26-18(21)20-19-11-12-4-2-1-3-5-12/h1-9,11,15,22H,10H2,(H,23,24)/b19-11+,20-18+. The Labute approximate surface area is 153 Å². The molecule has 0 aliphatic carbocycles. The first kappa shape index (κ1) is 17.7. The van der Waals surface area contributed by atoms with Crippen molar-refractivity contribution in [2.45, 2.75) is 11.7 Å². The lowest BCUT2D eigenvalue weighted by atomic mass is 10.2. The number of aromatic hydroxyl groups is 1. The first-order chi connectivity index (χ1) is 12.5. The van der Waals surface area contributed by atoms with E-state index in [2.05, 4.69) is 10.2 Å². The van der Waals surface area contributed by atoms with Crippen molar-refractivity contribution in [1.29, 1.82) is 0 Å². The molecular formula is C18H15N3O4S. The maximum absolute atomic E-state index is 12.6. The topological polar surface area (TPSA) is 103 Å². The number of phenols is 1. The molecule has 1 amide bonds. The molecule has 2 aromatic carbocycles. The molecule has 1 saturated heterocycles. The summed E-state index contributed by atoms with van der Waals surface area (Å²) in [6.07, 6.45) is 1.25. The van der Waals surface area contributed by atoms with Gasteiger partial charge in [-0.15, -0.1) is 5.10 Å². The predicted octanol–water partition coefficient (Wildman–Crippen LogP) is 2.71. The third kappa shape index (κ3) is 4.09. The van der Waals surface area contributed by atoms with Gasteiger partial charge in [-0.25, -0.2) is 0 Å². The summed E-state index contributed by atoms with van der Waals surface area (Å²) in [5, 5.41) is 26.1. The molecule has 1 fully saturated rings. The summed E-state index contributed by atoms with van der Waals surface area (Å²) in [5.41, 5.74) is 1.34. The van der Waals surface area contributed by atoms with Crippen LogP contribution < -0.4 is 4.90 Å². The van der Waals surface area contributed by atoms with Gasteiger partial charge in [0.15, 0.2) is 5.17 Å². The highest BCUT2D eigenvalue weighted by molar-refractivity contribution is 8.16. The van der Waals surface area contributed by atoms with Crippen molar-refractivity contribution in [3.8, 4) is 5.75 Å². The number of thioether (sulfide) groups is 1. The molecule has 132 valence electrons. The molecule has 26 heavy (non-hydrogen) atoms. The highest BCUT2D eigenvalue weighted by atomic mass is 32.2. The first-order valence-corrected chi connectivity index (χ1v) is 8.60. The van der Waals surface area contributed by atoms with Crippen molar-refractivity contribution in [3.05, 3.63) is 60.2 Å². The molecule has 0 saturated carbocycles. The maximum atomic E-state index is 12.6. The van der Waals surface area contributed by atoms with Crippen molar-refractivity contribution < 1.29 is 19.8 Å². The van der Waals surface area contributed by atoms with Crippen LogP contribution in [0.1, 0.15) is 12.0 Å². The zero-order valence-electron chi connectivity index (χ0n) is 13.5. The van der Waals surface area contributed by atoms with E-state index in [1.165, 1.54) is 17.0 Å². The van der Waals surface area contributed by atoms with Crippen molar-refractivity contribution in [2.75, 3.05) is 4.90 Å². The van der Waals surface area contributed by atoms with E-state index in [0.29, 0.717) is 10.9 Å². The number of benzene rings is 2. The number of carbonyl (C=O) groups is 2. The zero-order chi connectivity index (χ0) is 18.5. The lowest BCUT2D eigenvalue weighted by Gasteiger charge is -2.15. The Morgan fingerprint density at radius 3 is 2.50 bits per heavy atom. The van der Waals surface area contributed by atoms with Crippen LogP contribution in [0.3, 0.4) is 0 Å². The minimum atomic E-state index is -1.06. The zero-order valence-corrected chi connectivity index (χ0v) is 14.3. The van der Waals surface area contributed by atoms with Gasteiger partial charge in [-0.2, -0.15) is 5.10 Å². The molecule has 0 spiro atoms. The number of amidine groups is 1. The minimum absolute atomic E-state index is 0.0655. The van der Waals surface area contributed by atoms with Crippen LogP contribution in [0.4, 0.5) is 5.69 Å². The van der Waals surface area contributed by atoms with Crippen molar-refractivity contribution in [1.82, 2.24) is 0 Å². The third-order valence-corrected chi connectivity index (χ3v) is 4.68. The Morgan fingerprint density at radius 1 is 1.15 bits per heavy atom. The predicted molar refractivity (Wildman–Crippen MR) is 101 cm³/mol. The van der Waals surface area contributed by atoms with Crippen LogP contribution in [-0.4, -0.2) is 38.7 Å². The summed E-state index contributed by atoms with van der Waals surface area (Å²) in [4.78, 5) is 24.9. The van der Waals surface area contributed by atoms with Crippen LogP contribution in [0, 0.1) is 0 Å². The Morgan fingerprint density at radius 2 is 1.85 bits per heavy atom. The van der Waals surface area contributed by atoms with Gasteiger partial charge in [-0.05, 0) is 29.8 Å². The summed E-state index contributed by atoms with van der Waals surface area (Å²) < 4.78 is 0. The van der Waals surface area contributed by atoms with Crippen molar-refractivity contribution >= 4 is 40.7 Å². The van der Waals surface area contributed by atoms with Gasteiger partial charge in [-0.3, -0.25) is 14.5 Å². The smallest absolute Gasteiger partial charge is 0.305 e. The number of carboxylic acid groups (broad SMARTS) is 1. The molecule has 1 aliphatic rings. The molecular weight excluding hydrogens is 354 g/mol. The molecule has 0 aromatic heterocycles. The third-order valence-electron chi connectivity index (χ3n) is 3.55. The second-order valence-electron chi connectivity index (χ2n) is 5.43. The van der Waals surface area contributed by atoms with Gasteiger partial charge in [0, 0.05) is 0 Å². The summed E-state index contributed by atoms with van der Waals surface area (Å²) in [5.74, 6) is -1.37.